The van der Waals surface area contributed by atoms with Crippen LogP contribution in [0, 0.1) is 0 Å². The predicted molar refractivity (Wildman–Crippen MR) is 46.9 cm³/mol. The van der Waals surface area contributed by atoms with Crippen LogP contribution in [0.4, 0.5) is 0 Å². The Balaban J connectivity index is 2.20. The summed E-state index contributed by atoms with van der Waals surface area (Å²) in [4.78, 5) is 4.10. The molecule has 0 aliphatic carbocycles. The van der Waals surface area contributed by atoms with E-state index in [4.69, 9.17) is 0 Å². The van der Waals surface area contributed by atoms with Crippen molar-refractivity contribution in [2.24, 2.45) is 0 Å². The highest BCUT2D eigenvalue weighted by molar-refractivity contribution is 7.79. The Labute approximate surface area is 75.1 Å². The van der Waals surface area contributed by atoms with E-state index in [9.17, 15) is 8.76 Å². The van der Waals surface area contributed by atoms with Crippen molar-refractivity contribution >= 4 is 11.1 Å². The molecule has 0 saturated carbocycles. The lowest BCUT2D eigenvalue weighted by Gasteiger charge is -2.20. The molecule has 0 bridgehead atoms. The van der Waals surface area contributed by atoms with Gasteiger partial charge in [-0.25, -0.2) is 0 Å². The first-order valence-electron chi connectivity index (χ1n) is 3.94. The van der Waals surface area contributed by atoms with Gasteiger partial charge in [-0.05, 0) is 6.92 Å². The van der Waals surface area contributed by atoms with E-state index in [1.54, 1.807) is 0 Å². The molecule has 0 spiro atoms. The minimum absolute atomic E-state index is 0.210. The zero-order valence-corrected chi connectivity index (χ0v) is 7.92. The summed E-state index contributed by atoms with van der Waals surface area (Å²) in [7, 11) is 0. The summed E-state index contributed by atoms with van der Waals surface area (Å²) < 4.78 is 20.5. The summed E-state index contributed by atoms with van der Waals surface area (Å²) in [6.07, 6.45) is 3.91. The highest BCUT2D eigenvalue weighted by Crippen LogP contribution is 2.04. The Hall–Kier alpha value is -0.550. The second kappa shape index (κ2) is 4.47. The smallest absolute Gasteiger partial charge is 0.0893 e. The fraction of sp³-hybridized carbons (Fsp3) is 0.714. The van der Waals surface area contributed by atoms with E-state index in [0.717, 1.165) is 13.2 Å². The first-order valence-corrected chi connectivity index (χ1v) is 5.19. The van der Waals surface area contributed by atoms with Crippen molar-refractivity contribution in [3.8, 4) is 0 Å². The van der Waals surface area contributed by atoms with Crippen LogP contribution in [0.15, 0.2) is 12.4 Å². The average molecular weight is 189 g/mol. The lowest BCUT2D eigenvalue weighted by Crippen LogP contribution is -2.28. The number of rotatable bonds is 4. The zero-order valence-electron chi connectivity index (χ0n) is 7.10. The SMILES string of the molecule is CCN1C=CN(CCS(=O)[O-])C1. The molecule has 0 saturated heterocycles. The Kier molecular flexibility index (Phi) is 3.55. The molecule has 0 N–H and O–H groups in total. The third-order valence-electron chi connectivity index (χ3n) is 1.80. The fourth-order valence-corrected chi connectivity index (χ4v) is 1.44. The topological polar surface area (TPSA) is 46.6 Å². The number of hydrogen-bond acceptors (Lipinski definition) is 4. The molecule has 1 unspecified atom stereocenters. The van der Waals surface area contributed by atoms with E-state index in [-0.39, 0.29) is 5.75 Å². The Morgan fingerprint density at radius 1 is 1.50 bits per heavy atom. The van der Waals surface area contributed by atoms with E-state index >= 15 is 0 Å². The quantitative estimate of drug-likeness (QED) is 0.581. The van der Waals surface area contributed by atoms with Gasteiger partial charge in [-0.15, -0.1) is 0 Å². The van der Waals surface area contributed by atoms with Crippen molar-refractivity contribution in [2.75, 3.05) is 25.5 Å². The van der Waals surface area contributed by atoms with Crippen LogP contribution in [0.2, 0.25) is 0 Å². The van der Waals surface area contributed by atoms with Crippen molar-refractivity contribution < 1.29 is 8.76 Å². The van der Waals surface area contributed by atoms with Gasteiger partial charge in [0.25, 0.3) is 0 Å². The maximum absolute atomic E-state index is 10.2. The van der Waals surface area contributed by atoms with Crippen LogP contribution in [0.1, 0.15) is 6.92 Å². The highest BCUT2D eigenvalue weighted by Gasteiger charge is 2.08. The molecule has 0 aromatic heterocycles. The van der Waals surface area contributed by atoms with Crippen LogP contribution >= 0.6 is 0 Å². The molecule has 0 aromatic carbocycles. The third-order valence-corrected chi connectivity index (χ3v) is 2.32. The summed E-state index contributed by atoms with van der Waals surface area (Å²) >= 11 is -1.92. The summed E-state index contributed by atoms with van der Waals surface area (Å²) in [5.41, 5.74) is 0. The normalized spacial score (nSPS) is 18.8. The van der Waals surface area contributed by atoms with Crippen LogP contribution in [0.3, 0.4) is 0 Å². The lowest BCUT2D eigenvalue weighted by atomic mass is 10.6. The van der Waals surface area contributed by atoms with E-state index in [0.29, 0.717) is 6.54 Å². The minimum Gasteiger partial charge on any atom is -0.772 e. The minimum atomic E-state index is -1.92. The van der Waals surface area contributed by atoms with E-state index < -0.39 is 11.1 Å². The molecule has 1 atom stereocenters. The van der Waals surface area contributed by atoms with E-state index in [1.165, 1.54) is 0 Å². The Morgan fingerprint density at radius 3 is 2.67 bits per heavy atom. The van der Waals surface area contributed by atoms with Gasteiger partial charge in [0.15, 0.2) is 0 Å². The third kappa shape index (κ3) is 2.83. The average Bonchev–Trinajstić information content (AvgIpc) is 2.48. The summed E-state index contributed by atoms with van der Waals surface area (Å²) in [5, 5.41) is 0. The molecule has 1 rings (SSSR count). The van der Waals surface area contributed by atoms with Crippen molar-refractivity contribution in [2.45, 2.75) is 6.92 Å². The summed E-state index contributed by atoms with van der Waals surface area (Å²) in [6.45, 7) is 4.43. The molecule has 1 aliphatic heterocycles. The molecule has 0 aromatic rings. The van der Waals surface area contributed by atoms with Crippen LogP contribution < -0.4 is 0 Å². The van der Waals surface area contributed by atoms with Crippen LogP contribution in [0.25, 0.3) is 0 Å². The van der Waals surface area contributed by atoms with Crippen molar-refractivity contribution in [1.82, 2.24) is 9.80 Å². The molecule has 5 heteroatoms. The van der Waals surface area contributed by atoms with Crippen molar-refractivity contribution in [1.29, 1.82) is 0 Å². The number of hydrogen-bond donors (Lipinski definition) is 0. The zero-order chi connectivity index (χ0) is 8.97. The van der Waals surface area contributed by atoms with Gasteiger partial charge in [0.05, 0.1) is 6.67 Å². The standard InChI is InChI=1S/C7H14N2O2S/c1-2-8-3-4-9(7-8)5-6-12(10)11/h3-4H,2,5-7H2,1H3,(H,10,11)/p-1. The molecule has 0 radical (unpaired) electrons. The molecule has 70 valence electrons. The van der Waals surface area contributed by atoms with Gasteiger partial charge in [0.2, 0.25) is 0 Å². The van der Waals surface area contributed by atoms with E-state index in [2.05, 4.69) is 11.8 Å². The molecule has 0 amide bonds. The summed E-state index contributed by atoms with van der Waals surface area (Å²) in [6, 6.07) is 0. The number of nitrogens with zero attached hydrogens (tertiary/aromatic N) is 2. The molecule has 12 heavy (non-hydrogen) atoms. The van der Waals surface area contributed by atoms with Crippen molar-refractivity contribution in [3.05, 3.63) is 12.4 Å². The van der Waals surface area contributed by atoms with Crippen LogP contribution in [0.5, 0.6) is 0 Å². The van der Waals surface area contributed by atoms with Gasteiger partial charge in [-0.2, -0.15) is 0 Å². The second-order valence-corrected chi connectivity index (χ2v) is 3.68. The van der Waals surface area contributed by atoms with Gasteiger partial charge < -0.3 is 14.4 Å². The van der Waals surface area contributed by atoms with Gasteiger partial charge in [0.1, 0.15) is 0 Å². The molecule has 4 nitrogen and oxygen atoms in total. The maximum Gasteiger partial charge on any atom is 0.0893 e. The van der Waals surface area contributed by atoms with Gasteiger partial charge in [-0.3, -0.25) is 4.21 Å². The lowest BCUT2D eigenvalue weighted by molar-refractivity contribution is 0.282. The first kappa shape index (κ1) is 9.54. The van der Waals surface area contributed by atoms with Gasteiger partial charge >= 0.3 is 0 Å². The second-order valence-electron chi connectivity index (χ2n) is 2.66. The van der Waals surface area contributed by atoms with Gasteiger partial charge in [0, 0.05) is 31.2 Å². The Bertz CT molecular complexity index is 196. The monoisotopic (exact) mass is 189 g/mol. The molecular formula is C7H13N2O2S-. The van der Waals surface area contributed by atoms with Crippen LogP contribution in [-0.4, -0.2) is 44.1 Å². The maximum atomic E-state index is 10.2. The van der Waals surface area contributed by atoms with E-state index in [1.807, 2.05) is 17.3 Å². The first-order chi connectivity index (χ1) is 5.72. The largest absolute Gasteiger partial charge is 0.772 e. The van der Waals surface area contributed by atoms with Crippen molar-refractivity contribution in [3.63, 3.8) is 0 Å². The fourth-order valence-electron chi connectivity index (χ4n) is 1.06. The highest BCUT2D eigenvalue weighted by atomic mass is 32.2. The molecule has 1 heterocycles. The Morgan fingerprint density at radius 2 is 2.17 bits per heavy atom. The molecule has 1 aliphatic rings. The van der Waals surface area contributed by atoms with Gasteiger partial charge in [-0.1, -0.05) is 11.1 Å². The predicted octanol–water partition coefficient (Wildman–Crippen LogP) is -0.0683. The molecule has 0 fully saturated rings. The van der Waals surface area contributed by atoms with Crippen LogP contribution in [-0.2, 0) is 11.1 Å². The summed E-state index contributed by atoms with van der Waals surface area (Å²) in [5.74, 6) is 0.210. The molecular weight excluding hydrogens is 176 g/mol.